The maximum atomic E-state index is 8.91. The average molecular weight is 247 g/mol. The Kier molecular flexibility index (Phi) is 5.00. The SMILES string of the molecule is N#Cc1ccccc1OCC[NH2+]C[C@@H]1CCCO1. The summed E-state index contributed by atoms with van der Waals surface area (Å²) in [5.74, 6) is 0.672. The van der Waals surface area contributed by atoms with Gasteiger partial charge in [-0.25, -0.2) is 0 Å². The van der Waals surface area contributed by atoms with Gasteiger partial charge in [0.2, 0.25) is 0 Å². The molecule has 1 aromatic carbocycles. The number of ether oxygens (including phenoxy) is 2. The van der Waals surface area contributed by atoms with E-state index in [0.29, 0.717) is 24.0 Å². The van der Waals surface area contributed by atoms with Crippen molar-refractivity contribution in [1.29, 1.82) is 5.26 Å². The first-order valence-corrected chi connectivity index (χ1v) is 6.45. The number of benzene rings is 1. The minimum atomic E-state index is 0.413. The van der Waals surface area contributed by atoms with Crippen LogP contribution in [0.2, 0.25) is 0 Å². The molecule has 0 radical (unpaired) electrons. The van der Waals surface area contributed by atoms with Gasteiger partial charge in [0.05, 0.1) is 5.56 Å². The molecule has 0 amide bonds. The zero-order chi connectivity index (χ0) is 12.6. The highest BCUT2D eigenvalue weighted by Gasteiger charge is 2.16. The first kappa shape index (κ1) is 12.9. The summed E-state index contributed by atoms with van der Waals surface area (Å²) in [6.45, 7) is 3.42. The smallest absolute Gasteiger partial charge is 0.137 e. The minimum Gasteiger partial charge on any atom is -0.486 e. The van der Waals surface area contributed by atoms with Gasteiger partial charge >= 0.3 is 0 Å². The van der Waals surface area contributed by atoms with Crippen LogP contribution in [0.3, 0.4) is 0 Å². The lowest BCUT2D eigenvalue weighted by Gasteiger charge is -2.09. The Balaban J connectivity index is 1.64. The van der Waals surface area contributed by atoms with Crippen LogP contribution in [0.15, 0.2) is 24.3 Å². The topological polar surface area (TPSA) is 58.9 Å². The van der Waals surface area contributed by atoms with Gasteiger partial charge in [0.1, 0.15) is 37.6 Å². The van der Waals surface area contributed by atoms with E-state index in [9.17, 15) is 0 Å². The lowest BCUT2D eigenvalue weighted by atomic mass is 10.2. The lowest BCUT2D eigenvalue weighted by molar-refractivity contribution is -0.661. The molecule has 0 aromatic heterocycles. The first-order valence-electron chi connectivity index (χ1n) is 6.45. The Bertz CT molecular complexity index is 409. The molecule has 18 heavy (non-hydrogen) atoms. The van der Waals surface area contributed by atoms with E-state index >= 15 is 0 Å². The van der Waals surface area contributed by atoms with Crippen molar-refractivity contribution in [3.63, 3.8) is 0 Å². The third kappa shape index (κ3) is 3.73. The Morgan fingerprint density at radius 1 is 1.44 bits per heavy atom. The summed E-state index contributed by atoms with van der Waals surface area (Å²) in [4.78, 5) is 0. The van der Waals surface area contributed by atoms with Crippen molar-refractivity contribution in [1.82, 2.24) is 0 Å². The van der Waals surface area contributed by atoms with Crippen LogP contribution in [0.25, 0.3) is 0 Å². The molecule has 4 nitrogen and oxygen atoms in total. The molecular weight excluding hydrogens is 228 g/mol. The van der Waals surface area contributed by atoms with Gasteiger partial charge in [-0.1, -0.05) is 12.1 Å². The molecule has 2 N–H and O–H groups in total. The van der Waals surface area contributed by atoms with Gasteiger partial charge < -0.3 is 14.8 Å². The zero-order valence-corrected chi connectivity index (χ0v) is 10.5. The summed E-state index contributed by atoms with van der Waals surface area (Å²) < 4.78 is 11.1. The largest absolute Gasteiger partial charge is 0.486 e. The van der Waals surface area contributed by atoms with Gasteiger partial charge in [-0.05, 0) is 25.0 Å². The van der Waals surface area contributed by atoms with Crippen LogP contribution in [0.4, 0.5) is 0 Å². The van der Waals surface area contributed by atoms with Crippen LogP contribution in [-0.2, 0) is 4.74 Å². The standard InChI is InChI=1S/C14H18N2O2/c15-10-12-4-1-2-6-14(12)18-9-7-16-11-13-5-3-8-17-13/h1-2,4,6,13,16H,3,5,7-9,11H2/p+1/t13-/m0/s1. The van der Waals surface area contributed by atoms with Crippen molar-refractivity contribution >= 4 is 0 Å². The number of nitrogens with two attached hydrogens (primary N) is 1. The molecule has 96 valence electrons. The summed E-state index contributed by atoms with van der Waals surface area (Å²) in [5, 5.41) is 11.1. The molecule has 1 fully saturated rings. The molecule has 0 aliphatic carbocycles. The fourth-order valence-corrected chi connectivity index (χ4v) is 2.07. The normalized spacial score (nSPS) is 18.5. The molecule has 1 atom stereocenters. The van der Waals surface area contributed by atoms with Gasteiger partial charge in [0, 0.05) is 6.61 Å². The van der Waals surface area contributed by atoms with Crippen LogP contribution in [0.5, 0.6) is 5.75 Å². The fraction of sp³-hybridized carbons (Fsp3) is 0.500. The highest BCUT2D eigenvalue weighted by Crippen LogP contribution is 2.15. The first-order chi connectivity index (χ1) is 8.90. The molecular formula is C14H19N2O2+. The summed E-state index contributed by atoms with van der Waals surface area (Å²) in [5.41, 5.74) is 0.594. The third-order valence-electron chi connectivity index (χ3n) is 3.04. The minimum absolute atomic E-state index is 0.413. The molecule has 0 saturated carbocycles. The number of nitriles is 1. The van der Waals surface area contributed by atoms with Crippen LogP contribution < -0.4 is 10.1 Å². The molecule has 4 heteroatoms. The van der Waals surface area contributed by atoms with Gasteiger partial charge in [-0.2, -0.15) is 5.26 Å². The van der Waals surface area contributed by atoms with Crippen LogP contribution in [0.1, 0.15) is 18.4 Å². The van der Waals surface area contributed by atoms with Gasteiger partial charge in [0.25, 0.3) is 0 Å². The van der Waals surface area contributed by atoms with E-state index in [1.807, 2.05) is 18.2 Å². The van der Waals surface area contributed by atoms with Crippen LogP contribution in [0, 0.1) is 11.3 Å². The quantitative estimate of drug-likeness (QED) is 0.752. The molecule has 1 aliphatic heterocycles. The number of rotatable bonds is 6. The molecule has 0 spiro atoms. The van der Waals surface area contributed by atoms with Crippen LogP contribution >= 0.6 is 0 Å². The highest BCUT2D eigenvalue weighted by atomic mass is 16.5. The summed E-state index contributed by atoms with van der Waals surface area (Å²) in [6.07, 6.45) is 2.77. The number of hydrogen-bond donors (Lipinski definition) is 1. The Hall–Kier alpha value is -1.57. The van der Waals surface area contributed by atoms with Crippen molar-refractivity contribution in [3.8, 4) is 11.8 Å². The molecule has 1 aromatic rings. The van der Waals surface area contributed by atoms with Crippen molar-refractivity contribution in [2.24, 2.45) is 0 Å². The maximum absolute atomic E-state index is 8.91. The molecule has 0 unspecified atom stereocenters. The molecule has 0 bridgehead atoms. The predicted octanol–water partition coefficient (Wildman–Crippen LogP) is 0.679. The highest BCUT2D eigenvalue weighted by molar-refractivity contribution is 5.42. The van der Waals surface area contributed by atoms with Gasteiger partial charge in [0.15, 0.2) is 0 Å². The average Bonchev–Trinajstić information content (AvgIpc) is 2.92. The van der Waals surface area contributed by atoms with Crippen molar-refractivity contribution in [2.75, 3.05) is 26.3 Å². The van der Waals surface area contributed by atoms with E-state index in [-0.39, 0.29) is 0 Å². The molecule has 1 saturated heterocycles. The number of nitrogens with zero attached hydrogens (tertiary/aromatic N) is 1. The number of quaternary nitrogens is 1. The number of hydrogen-bond acceptors (Lipinski definition) is 3. The monoisotopic (exact) mass is 247 g/mol. The second-order valence-electron chi connectivity index (χ2n) is 4.40. The van der Waals surface area contributed by atoms with E-state index in [1.165, 1.54) is 12.8 Å². The second kappa shape index (κ2) is 7.00. The van der Waals surface area contributed by atoms with Crippen molar-refractivity contribution in [3.05, 3.63) is 29.8 Å². The molecule has 1 aliphatic rings. The van der Waals surface area contributed by atoms with E-state index in [4.69, 9.17) is 14.7 Å². The Morgan fingerprint density at radius 2 is 2.33 bits per heavy atom. The van der Waals surface area contributed by atoms with Crippen molar-refractivity contribution in [2.45, 2.75) is 18.9 Å². The fourth-order valence-electron chi connectivity index (χ4n) is 2.07. The molecule has 1 heterocycles. The molecule has 2 rings (SSSR count). The van der Waals surface area contributed by atoms with E-state index in [1.54, 1.807) is 6.07 Å². The Morgan fingerprint density at radius 3 is 3.11 bits per heavy atom. The van der Waals surface area contributed by atoms with Crippen molar-refractivity contribution < 1.29 is 14.8 Å². The summed E-state index contributed by atoms with van der Waals surface area (Å²) in [7, 11) is 0. The van der Waals surface area contributed by atoms with E-state index in [0.717, 1.165) is 19.7 Å². The predicted molar refractivity (Wildman–Crippen MR) is 67.3 cm³/mol. The second-order valence-corrected chi connectivity index (χ2v) is 4.40. The van der Waals surface area contributed by atoms with Gasteiger partial charge in [-0.15, -0.1) is 0 Å². The van der Waals surface area contributed by atoms with E-state index < -0.39 is 0 Å². The summed E-state index contributed by atoms with van der Waals surface area (Å²) in [6, 6.07) is 9.45. The maximum Gasteiger partial charge on any atom is 0.137 e. The van der Waals surface area contributed by atoms with Crippen LogP contribution in [-0.4, -0.2) is 32.4 Å². The Labute approximate surface area is 108 Å². The summed E-state index contributed by atoms with van der Waals surface area (Å²) >= 11 is 0. The van der Waals surface area contributed by atoms with E-state index in [2.05, 4.69) is 11.4 Å². The van der Waals surface area contributed by atoms with Gasteiger partial charge in [-0.3, -0.25) is 0 Å². The third-order valence-corrected chi connectivity index (χ3v) is 3.04. The zero-order valence-electron chi connectivity index (χ0n) is 10.5. The lowest BCUT2D eigenvalue weighted by Crippen LogP contribution is -2.87. The number of para-hydroxylation sites is 1.